The Balaban J connectivity index is 1.94. The molecule has 2 aromatic rings. The van der Waals surface area contributed by atoms with Crippen LogP contribution in [0.2, 0.25) is 0 Å². The molecule has 1 aromatic heterocycles. The van der Waals surface area contributed by atoms with E-state index in [1.807, 2.05) is 56.3 Å². The standard InChI is InChI=1S/C22H29N3O3/c1-5-13-28-19-10-7-17(14-20(19)27-6-2)9-12-22(26)24-16-18-8-11-21(23-15-18)25(3)4/h7-12,14-15H,5-6,13,16H2,1-4H3,(H,24,26)/b12-9+. The number of amides is 1. The fourth-order valence-corrected chi connectivity index (χ4v) is 2.43. The summed E-state index contributed by atoms with van der Waals surface area (Å²) >= 11 is 0. The third kappa shape index (κ3) is 6.61. The van der Waals surface area contributed by atoms with Crippen LogP contribution in [-0.2, 0) is 11.3 Å². The molecule has 150 valence electrons. The maximum Gasteiger partial charge on any atom is 0.244 e. The monoisotopic (exact) mass is 383 g/mol. The number of pyridine rings is 1. The molecule has 2 rings (SSSR count). The second kappa shape index (κ2) is 11.0. The van der Waals surface area contributed by atoms with Crippen molar-refractivity contribution >= 4 is 17.8 Å². The average Bonchev–Trinajstić information content (AvgIpc) is 2.70. The van der Waals surface area contributed by atoms with E-state index in [0.717, 1.165) is 29.1 Å². The van der Waals surface area contributed by atoms with Crippen molar-refractivity contribution in [1.82, 2.24) is 10.3 Å². The number of aromatic nitrogens is 1. The number of anilines is 1. The first-order valence-corrected chi connectivity index (χ1v) is 9.51. The van der Waals surface area contributed by atoms with Crippen LogP contribution in [0.15, 0.2) is 42.6 Å². The van der Waals surface area contributed by atoms with Gasteiger partial charge >= 0.3 is 0 Å². The summed E-state index contributed by atoms with van der Waals surface area (Å²) in [6.45, 7) is 5.61. The van der Waals surface area contributed by atoms with Crippen LogP contribution < -0.4 is 19.7 Å². The molecule has 0 aliphatic carbocycles. The van der Waals surface area contributed by atoms with Gasteiger partial charge in [-0.1, -0.05) is 19.1 Å². The van der Waals surface area contributed by atoms with Crippen molar-refractivity contribution < 1.29 is 14.3 Å². The fraction of sp³-hybridized carbons (Fsp3) is 0.364. The molecule has 6 nitrogen and oxygen atoms in total. The molecule has 6 heteroatoms. The van der Waals surface area contributed by atoms with Gasteiger partial charge in [-0.25, -0.2) is 4.98 Å². The lowest BCUT2D eigenvalue weighted by Crippen LogP contribution is -2.20. The second-order valence-corrected chi connectivity index (χ2v) is 6.46. The number of nitrogens with one attached hydrogen (secondary N) is 1. The topological polar surface area (TPSA) is 63.7 Å². The minimum Gasteiger partial charge on any atom is -0.490 e. The van der Waals surface area contributed by atoms with Gasteiger partial charge in [-0.05, 0) is 48.7 Å². The van der Waals surface area contributed by atoms with Crippen molar-refractivity contribution in [3.8, 4) is 11.5 Å². The highest BCUT2D eigenvalue weighted by atomic mass is 16.5. The third-order valence-corrected chi connectivity index (χ3v) is 3.89. The first-order valence-electron chi connectivity index (χ1n) is 9.51. The maximum atomic E-state index is 12.1. The molecule has 1 amide bonds. The van der Waals surface area contributed by atoms with E-state index in [-0.39, 0.29) is 5.91 Å². The van der Waals surface area contributed by atoms with Gasteiger partial charge in [0.25, 0.3) is 0 Å². The Morgan fingerprint density at radius 3 is 2.61 bits per heavy atom. The normalized spacial score (nSPS) is 10.7. The summed E-state index contributed by atoms with van der Waals surface area (Å²) in [6, 6.07) is 9.53. The Morgan fingerprint density at radius 1 is 1.14 bits per heavy atom. The van der Waals surface area contributed by atoms with Crippen LogP contribution in [0.1, 0.15) is 31.4 Å². The van der Waals surface area contributed by atoms with E-state index < -0.39 is 0 Å². The van der Waals surface area contributed by atoms with Crippen molar-refractivity contribution in [2.75, 3.05) is 32.2 Å². The van der Waals surface area contributed by atoms with Gasteiger partial charge in [-0.15, -0.1) is 0 Å². The van der Waals surface area contributed by atoms with E-state index in [4.69, 9.17) is 9.47 Å². The Hall–Kier alpha value is -3.02. The van der Waals surface area contributed by atoms with Crippen molar-refractivity contribution in [3.05, 3.63) is 53.7 Å². The zero-order valence-electron chi connectivity index (χ0n) is 17.1. The quantitative estimate of drug-likeness (QED) is 0.634. The first-order chi connectivity index (χ1) is 13.5. The van der Waals surface area contributed by atoms with Gasteiger partial charge in [0.05, 0.1) is 13.2 Å². The van der Waals surface area contributed by atoms with Crippen LogP contribution in [0, 0.1) is 0 Å². The zero-order chi connectivity index (χ0) is 20.4. The molecule has 0 spiro atoms. The largest absolute Gasteiger partial charge is 0.490 e. The van der Waals surface area contributed by atoms with Crippen molar-refractivity contribution in [1.29, 1.82) is 0 Å². The van der Waals surface area contributed by atoms with Gasteiger partial charge in [0, 0.05) is 32.9 Å². The number of benzene rings is 1. The summed E-state index contributed by atoms with van der Waals surface area (Å²) in [6.07, 6.45) is 5.97. The lowest BCUT2D eigenvalue weighted by atomic mass is 10.2. The number of hydrogen-bond donors (Lipinski definition) is 1. The van der Waals surface area contributed by atoms with Crippen LogP contribution in [0.4, 0.5) is 5.82 Å². The maximum absolute atomic E-state index is 12.1. The molecule has 1 N–H and O–H groups in total. The van der Waals surface area contributed by atoms with E-state index in [0.29, 0.717) is 25.5 Å². The van der Waals surface area contributed by atoms with Gasteiger partial charge < -0.3 is 19.7 Å². The molecule has 0 aliphatic heterocycles. The molecule has 0 bridgehead atoms. The molecular formula is C22H29N3O3. The highest BCUT2D eigenvalue weighted by Crippen LogP contribution is 2.29. The lowest BCUT2D eigenvalue weighted by Gasteiger charge is -2.12. The number of carbonyl (C=O) groups is 1. The highest BCUT2D eigenvalue weighted by molar-refractivity contribution is 5.91. The average molecular weight is 383 g/mol. The van der Waals surface area contributed by atoms with Gasteiger partial charge in [0.2, 0.25) is 5.91 Å². The zero-order valence-corrected chi connectivity index (χ0v) is 17.1. The Bertz CT molecular complexity index is 786. The summed E-state index contributed by atoms with van der Waals surface area (Å²) in [5.74, 6) is 2.12. The smallest absolute Gasteiger partial charge is 0.244 e. The molecular weight excluding hydrogens is 354 g/mol. The highest BCUT2D eigenvalue weighted by Gasteiger charge is 2.06. The molecule has 1 heterocycles. The Morgan fingerprint density at radius 2 is 1.96 bits per heavy atom. The van der Waals surface area contributed by atoms with Gasteiger partial charge in [-0.2, -0.15) is 0 Å². The minimum absolute atomic E-state index is 0.166. The summed E-state index contributed by atoms with van der Waals surface area (Å²) in [7, 11) is 3.88. The van der Waals surface area contributed by atoms with Crippen LogP contribution in [0.3, 0.4) is 0 Å². The van der Waals surface area contributed by atoms with Crippen LogP contribution in [0.5, 0.6) is 11.5 Å². The molecule has 28 heavy (non-hydrogen) atoms. The number of carbonyl (C=O) groups excluding carboxylic acids is 1. The lowest BCUT2D eigenvalue weighted by molar-refractivity contribution is -0.116. The van der Waals surface area contributed by atoms with Gasteiger partial charge in [-0.3, -0.25) is 4.79 Å². The van der Waals surface area contributed by atoms with Crippen LogP contribution in [-0.4, -0.2) is 38.2 Å². The molecule has 0 radical (unpaired) electrons. The molecule has 0 unspecified atom stereocenters. The Kier molecular flexibility index (Phi) is 8.34. The van der Waals surface area contributed by atoms with Crippen LogP contribution in [0.25, 0.3) is 6.08 Å². The predicted octanol–water partition coefficient (Wildman–Crippen LogP) is 3.66. The fourth-order valence-electron chi connectivity index (χ4n) is 2.43. The number of hydrogen-bond acceptors (Lipinski definition) is 5. The van der Waals surface area contributed by atoms with E-state index in [1.54, 1.807) is 12.3 Å². The van der Waals surface area contributed by atoms with Crippen molar-refractivity contribution in [2.45, 2.75) is 26.8 Å². The van der Waals surface area contributed by atoms with E-state index in [9.17, 15) is 4.79 Å². The SMILES string of the molecule is CCCOc1ccc(/C=C/C(=O)NCc2ccc(N(C)C)nc2)cc1OCC. The summed E-state index contributed by atoms with van der Waals surface area (Å²) < 4.78 is 11.3. The molecule has 0 fully saturated rings. The minimum atomic E-state index is -0.166. The second-order valence-electron chi connectivity index (χ2n) is 6.46. The summed E-state index contributed by atoms with van der Waals surface area (Å²) in [5, 5.41) is 2.86. The first kappa shape index (κ1) is 21.3. The van der Waals surface area contributed by atoms with Crippen molar-refractivity contribution in [2.24, 2.45) is 0 Å². The Labute approximate surface area is 167 Å². The predicted molar refractivity (Wildman–Crippen MR) is 113 cm³/mol. The number of nitrogens with zero attached hydrogens (tertiary/aromatic N) is 2. The molecule has 0 atom stereocenters. The molecule has 0 saturated carbocycles. The third-order valence-electron chi connectivity index (χ3n) is 3.89. The van der Waals surface area contributed by atoms with E-state index >= 15 is 0 Å². The van der Waals surface area contributed by atoms with E-state index in [1.165, 1.54) is 6.08 Å². The number of ether oxygens (including phenoxy) is 2. The van der Waals surface area contributed by atoms with Crippen LogP contribution >= 0.6 is 0 Å². The van der Waals surface area contributed by atoms with Gasteiger partial charge in [0.1, 0.15) is 5.82 Å². The molecule has 1 aromatic carbocycles. The van der Waals surface area contributed by atoms with Crippen molar-refractivity contribution in [3.63, 3.8) is 0 Å². The summed E-state index contributed by atoms with van der Waals surface area (Å²) in [4.78, 5) is 18.4. The van der Waals surface area contributed by atoms with E-state index in [2.05, 4.69) is 17.2 Å². The molecule has 0 saturated heterocycles. The number of rotatable bonds is 10. The summed E-state index contributed by atoms with van der Waals surface area (Å²) in [5.41, 5.74) is 1.82. The van der Waals surface area contributed by atoms with Gasteiger partial charge in [0.15, 0.2) is 11.5 Å². The molecule has 0 aliphatic rings.